The second-order valence-corrected chi connectivity index (χ2v) is 5.52. The Kier molecular flexibility index (Phi) is 11.6. The molecule has 4 nitrogen and oxygen atoms in total. The van der Waals surface area contributed by atoms with Crippen molar-refractivity contribution in [1.82, 2.24) is 5.32 Å². The quantitative estimate of drug-likeness (QED) is 0.413. The SMILES string of the molecule is CCCCCCOc1ccc(CNCC(OCC)OCC)cc1. The lowest BCUT2D eigenvalue weighted by Gasteiger charge is -2.17. The topological polar surface area (TPSA) is 39.7 Å². The third-order valence-corrected chi connectivity index (χ3v) is 3.54. The molecular formula is C19H33NO3. The average Bonchev–Trinajstić information content (AvgIpc) is 2.56. The molecule has 0 radical (unpaired) electrons. The van der Waals surface area contributed by atoms with E-state index in [9.17, 15) is 0 Å². The molecule has 4 heteroatoms. The summed E-state index contributed by atoms with van der Waals surface area (Å²) in [7, 11) is 0. The first-order chi connectivity index (χ1) is 11.3. The zero-order chi connectivity index (χ0) is 16.8. The maximum absolute atomic E-state index is 5.75. The minimum Gasteiger partial charge on any atom is -0.494 e. The molecule has 1 aromatic rings. The Morgan fingerprint density at radius 1 is 0.913 bits per heavy atom. The van der Waals surface area contributed by atoms with Crippen molar-refractivity contribution >= 4 is 0 Å². The molecule has 0 atom stereocenters. The normalized spacial score (nSPS) is 11.1. The molecule has 0 aliphatic carbocycles. The van der Waals surface area contributed by atoms with Crippen LogP contribution in [0, 0.1) is 0 Å². The van der Waals surface area contributed by atoms with Gasteiger partial charge in [0.2, 0.25) is 0 Å². The molecule has 0 saturated carbocycles. The molecule has 0 heterocycles. The summed E-state index contributed by atoms with van der Waals surface area (Å²) in [6.07, 6.45) is 4.76. The number of ether oxygens (including phenoxy) is 3. The number of hydrogen-bond acceptors (Lipinski definition) is 4. The molecule has 0 saturated heterocycles. The van der Waals surface area contributed by atoms with Gasteiger partial charge in [-0.3, -0.25) is 0 Å². The Morgan fingerprint density at radius 3 is 2.22 bits per heavy atom. The van der Waals surface area contributed by atoms with Crippen LogP contribution in [0.15, 0.2) is 24.3 Å². The van der Waals surface area contributed by atoms with Crippen LogP contribution < -0.4 is 10.1 Å². The fourth-order valence-corrected chi connectivity index (χ4v) is 2.29. The highest BCUT2D eigenvalue weighted by Crippen LogP contribution is 2.13. The second kappa shape index (κ2) is 13.3. The smallest absolute Gasteiger partial charge is 0.169 e. The molecule has 0 aliphatic rings. The van der Waals surface area contributed by atoms with Crippen molar-refractivity contribution in [2.45, 2.75) is 59.3 Å². The monoisotopic (exact) mass is 323 g/mol. The zero-order valence-electron chi connectivity index (χ0n) is 15.0. The number of benzene rings is 1. The summed E-state index contributed by atoms with van der Waals surface area (Å²) in [6, 6.07) is 8.29. The number of unbranched alkanes of at least 4 members (excludes halogenated alkanes) is 3. The van der Waals surface area contributed by atoms with Crippen LogP contribution in [-0.4, -0.2) is 32.7 Å². The fraction of sp³-hybridized carbons (Fsp3) is 0.684. The molecule has 1 aromatic carbocycles. The number of nitrogens with one attached hydrogen (secondary N) is 1. The van der Waals surface area contributed by atoms with E-state index >= 15 is 0 Å². The van der Waals surface area contributed by atoms with Crippen molar-refractivity contribution in [2.75, 3.05) is 26.4 Å². The number of hydrogen-bond donors (Lipinski definition) is 1. The molecular weight excluding hydrogens is 290 g/mol. The molecule has 0 amide bonds. The molecule has 0 unspecified atom stereocenters. The van der Waals surface area contributed by atoms with E-state index in [1.807, 2.05) is 26.0 Å². The summed E-state index contributed by atoms with van der Waals surface area (Å²) < 4.78 is 16.8. The van der Waals surface area contributed by atoms with E-state index in [2.05, 4.69) is 24.4 Å². The van der Waals surface area contributed by atoms with Gasteiger partial charge >= 0.3 is 0 Å². The summed E-state index contributed by atoms with van der Waals surface area (Å²) in [4.78, 5) is 0. The number of rotatable bonds is 14. The molecule has 132 valence electrons. The third-order valence-electron chi connectivity index (χ3n) is 3.54. The Hall–Kier alpha value is -1.10. The summed E-state index contributed by atoms with van der Waals surface area (Å²) in [6.45, 7) is 9.80. The highest BCUT2D eigenvalue weighted by Gasteiger charge is 2.06. The highest BCUT2D eigenvalue weighted by molar-refractivity contribution is 5.27. The van der Waals surface area contributed by atoms with Crippen LogP contribution in [0.1, 0.15) is 52.0 Å². The maximum Gasteiger partial charge on any atom is 0.169 e. The molecule has 1 N–H and O–H groups in total. The van der Waals surface area contributed by atoms with Crippen molar-refractivity contribution in [3.8, 4) is 5.75 Å². The fourth-order valence-electron chi connectivity index (χ4n) is 2.29. The van der Waals surface area contributed by atoms with E-state index < -0.39 is 0 Å². The molecule has 0 aromatic heterocycles. The molecule has 0 spiro atoms. The van der Waals surface area contributed by atoms with Gasteiger partial charge in [-0.1, -0.05) is 38.3 Å². The minimum absolute atomic E-state index is 0.171. The van der Waals surface area contributed by atoms with Gasteiger partial charge in [0.05, 0.1) is 6.61 Å². The molecule has 23 heavy (non-hydrogen) atoms. The van der Waals surface area contributed by atoms with Gasteiger partial charge in [-0.05, 0) is 38.0 Å². The lowest BCUT2D eigenvalue weighted by Crippen LogP contribution is -2.31. The lowest BCUT2D eigenvalue weighted by molar-refractivity contribution is -0.133. The highest BCUT2D eigenvalue weighted by atomic mass is 16.7. The van der Waals surface area contributed by atoms with Gasteiger partial charge < -0.3 is 19.5 Å². The molecule has 0 aliphatic heterocycles. The third kappa shape index (κ3) is 9.59. The largest absolute Gasteiger partial charge is 0.494 e. The first-order valence-electron chi connectivity index (χ1n) is 8.95. The first-order valence-corrected chi connectivity index (χ1v) is 8.95. The van der Waals surface area contributed by atoms with Crippen LogP contribution in [0.2, 0.25) is 0 Å². The Bertz CT molecular complexity index is 375. The van der Waals surface area contributed by atoms with Gasteiger partial charge in [-0.25, -0.2) is 0 Å². The Balaban J connectivity index is 2.22. The van der Waals surface area contributed by atoms with Crippen molar-refractivity contribution in [3.63, 3.8) is 0 Å². The standard InChI is InChI=1S/C19H33NO3/c1-4-7-8-9-14-23-18-12-10-17(11-13-18)15-20-16-19(21-5-2)22-6-3/h10-13,19-20H,4-9,14-16H2,1-3H3. The predicted molar refractivity (Wildman–Crippen MR) is 94.8 cm³/mol. The van der Waals surface area contributed by atoms with Crippen LogP contribution in [0.3, 0.4) is 0 Å². The van der Waals surface area contributed by atoms with Gasteiger partial charge in [0, 0.05) is 26.3 Å². The van der Waals surface area contributed by atoms with E-state index in [0.717, 1.165) is 25.3 Å². The maximum atomic E-state index is 5.75. The van der Waals surface area contributed by atoms with Crippen LogP contribution in [0.4, 0.5) is 0 Å². The predicted octanol–water partition coefficient (Wildman–Crippen LogP) is 4.13. The van der Waals surface area contributed by atoms with E-state index in [1.165, 1.54) is 24.8 Å². The molecule has 0 fully saturated rings. The molecule has 0 bridgehead atoms. The van der Waals surface area contributed by atoms with Gasteiger partial charge in [0.15, 0.2) is 6.29 Å². The van der Waals surface area contributed by atoms with E-state index in [4.69, 9.17) is 14.2 Å². The Morgan fingerprint density at radius 2 is 1.61 bits per heavy atom. The summed E-state index contributed by atoms with van der Waals surface area (Å²) >= 11 is 0. The summed E-state index contributed by atoms with van der Waals surface area (Å²) in [5.41, 5.74) is 1.23. The van der Waals surface area contributed by atoms with Crippen molar-refractivity contribution in [2.24, 2.45) is 0 Å². The second-order valence-electron chi connectivity index (χ2n) is 5.52. The van der Waals surface area contributed by atoms with Gasteiger partial charge in [-0.2, -0.15) is 0 Å². The Labute approximate surface area is 141 Å². The van der Waals surface area contributed by atoms with Crippen molar-refractivity contribution in [1.29, 1.82) is 0 Å². The van der Waals surface area contributed by atoms with Gasteiger partial charge in [0.25, 0.3) is 0 Å². The van der Waals surface area contributed by atoms with Crippen molar-refractivity contribution in [3.05, 3.63) is 29.8 Å². The average molecular weight is 323 g/mol. The summed E-state index contributed by atoms with van der Waals surface area (Å²) in [5, 5.41) is 3.37. The van der Waals surface area contributed by atoms with Crippen LogP contribution in [0.5, 0.6) is 5.75 Å². The van der Waals surface area contributed by atoms with Crippen LogP contribution >= 0.6 is 0 Å². The van der Waals surface area contributed by atoms with E-state index in [1.54, 1.807) is 0 Å². The zero-order valence-corrected chi connectivity index (χ0v) is 15.0. The first kappa shape index (κ1) is 19.9. The van der Waals surface area contributed by atoms with Crippen LogP contribution in [0.25, 0.3) is 0 Å². The lowest BCUT2D eigenvalue weighted by atomic mass is 10.2. The summed E-state index contributed by atoms with van der Waals surface area (Å²) in [5.74, 6) is 0.951. The van der Waals surface area contributed by atoms with Gasteiger partial charge in [-0.15, -0.1) is 0 Å². The molecule has 1 rings (SSSR count). The van der Waals surface area contributed by atoms with Crippen molar-refractivity contribution < 1.29 is 14.2 Å². The van der Waals surface area contributed by atoms with E-state index in [0.29, 0.717) is 19.8 Å². The van der Waals surface area contributed by atoms with E-state index in [-0.39, 0.29) is 6.29 Å². The van der Waals surface area contributed by atoms with Gasteiger partial charge in [0.1, 0.15) is 5.75 Å². The minimum atomic E-state index is -0.171. The van der Waals surface area contributed by atoms with Crippen LogP contribution in [-0.2, 0) is 16.0 Å².